The average molecular weight is 351 g/mol. The Balaban J connectivity index is 1.72. The lowest BCUT2D eigenvalue weighted by Crippen LogP contribution is -2.40. The fourth-order valence-corrected chi connectivity index (χ4v) is 3.50. The van der Waals surface area contributed by atoms with E-state index in [9.17, 15) is 4.79 Å². The van der Waals surface area contributed by atoms with Gasteiger partial charge in [-0.3, -0.25) is 9.78 Å². The number of nitrogen functional groups attached to an aromatic ring is 1. The Morgan fingerprint density at radius 3 is 2.65 bits per heavy atom. The maximum absolute atomic E-state index is 12.9. The molecule has 0 bridgehead atoms. The van der Waals surface area contributed by atoms with E-state index in [-0.39, 0.29) is 23.8 Å². The van der Waals surface area contributed by atoms with Gasteiger partial charge in [-0.25, -0.2) is 9.50 Å². The van der Waals surface area contributed by atoms with E-state index in [1.807, 2.05) is 12.1 Å². The van der Waals surface area contributed by atoms with E-state index in [0.717, 1.165) is 36.9 Å². The van der Waals surface area contributed by atoms with Crippen LogP contribution in [0.4, 0.5) is 5.82 Å². The summed E-state index contributed by atoms with van der Waals surface area (Å²) in [6, 6.07) is 5.90. The van der Waals surface area contributed by atoms with Crippen molar-refractivity contribution in [1.82, 2.24) is 24.9 Å². The van der Waals surface area contributed by atoms with Gasteiger partial charge in [0.1, 0.15) is 11.8 Å². The topological polar surface area (TPSA) is 124 Å². The number of hydrogen-bond donors (Lipinski definition) is 3. The van der Waals surface area contributed by atoms with Crippen molar-refractivity contribution < 1.29 is 4.79 Å². The van der Waals surface area contributed by atoms with Gasteiger partial charge in [0.2, 0.25) is 0 Å². The smallest absolute Gasteiger partial charge is 0.253 e. The summed E-state index contributed by atoms with van der Waals surface area (Å²) < 4.78 is 1.66. The number of fused-ring (bicyclic) bond motifs is 1. The van der Waals surface area contributed by atoms with Gasteiger partial charge in [0.05, 0.1) is 11.3 Å². The molecule has 134 valence electrons. The van der Waals surface area contributed by atoms with Crippen LogP contribution in [0.3, 0.4) is 0 Å². The molecule has 0 spiro atoms. The van der Waals surface area contributed by atoms with E-state index in [4.69, 9.17) is 11.5 Å². The number of carbonyl (C=O) groups excluding carboxylic acids is 1. The summed E-state index contributed by atoms with van der Waals surface area (Å²) >= 11 is 0. The highest BCUT2D eigenvalue weighted by Crippen LogP contribution is 2.28. The van der Waals surface area contributed by atoms with Gasteiger partial charge in [-0.05, 0) is 43.9 Å². The number of amides is 1. The van der Waals surface area contributed by atoms with Crippen molar-refractivity contribution in [3.8, 4) is 11.3 Å². The minimum Gasteiger partial charge on any atom is -0.382 e. The highest BCUT2D eigenvalue weighted by atomic mass is 16.1. The van der Waals surface area contributed by atoms with Crippen LogP contribution in [0.25, 0.3) is 16.8 Å². The zero-order chi connectivity index (χ0) is 18.1. The van der Waals surface area contributed by atoms with Crippen LogP contribution in [-0.4, -0.2) is 37.6 Å². The third-order valence-corrected chi connectivity index (χ3v) is 4.91. The van der Waals surface area contributed by atoms with Crippen LogP contribution in [0.15, 0.2) is 36.9 Å². The molecule has 1 fully saturated rings. The van der Waals surface area contributed by atoms with Gasteiger partial charge in [0.15, 0.2) is 5.82 Å². The maximum atomic E-state index is 12.9. The van der Waals surface area contributed by atoms with Crippen LogP contribution >= 0.6 is 0 Å². The van der Waals surface area contributed by atoms with Crippen LogP contribution in [0, 0.1) is 0 Å². The van der Waals surface area contributed by atoms with Crippen molar-refractivity contribution in [2.24, 2.45) is 5.73 Å². The van der Waals surface area contributed by atoms with Gasteiger partial charge in [-0.15, -0.1) is 0 Å². The highest BCUT2D eigenvalue weighted by Gasteiger charge is 2.24. The summed E-state index contributed by atoms with van der Waals surface area (Å²) in [4.78, 5) is 21.0. The van der Waals surface area contributed by atoms with Gasteiger partial charge >= 0.3 is 0 Å². The van der Waals surface area contributed by atoms with Crippen LogP contribution in [0.2, 0.25) is 0 Å². The Kier molecular flexibility index (Phi) is 4.26. The molecule has 5 N–H and O–H groups in total. The molecule has 3 aromatic rings. The molecule has 1 amide bonds. The van der Waals surface area contributed by atoms with Crippen molar-refractivity contribution in [3.63, 3.8) is 0 Å². The van der Waals surface area contributed by atoms with Crippen LogP contribution in [0.1, 0.15) is 36.0 Å². The summed E-state index contributed by atoms with van der Waals surface area (Å²) in [5.74, 6) is 0.112. The minimum absolute atomic E-state index is 0.132. The van der Waals surface area contributed by atoms with Crippen LogP contribution in [-0.2, 0) is 0 Å². The predicted molar refractivity (Wildman–Crippen MR) is 98.3 cm³/mol. The molecular weight excluding hydrogens is 330 g/mol. The monoisotopic (exact) mass is 351 g/mol. The van der Waals surface area contributed by atoms with E-state index in [2.05, 4.69) is 20.4 Å². The molecule has 0 unspecified atom stereocenters. The number of nitrogens with zero attached hydrogens (tertiary/aromatic N) is 4. The molecule has 0 aliphatic heterocycles. The van der Waals surface area contributed by atoms with Gasteiger partial charge in [-0.1, -0.05) is 0 Å². The quantitative estimate of drug-likeness (QED) is 0.655. The van der Waals surface area contributed by atoms with Crippen molar-refractivity contribution in [3.05, 3.63) is 42.5 Å². The molecule has 4 rings (SSSR count). The lowest BCUT2D eigenvalue weighted by atomic mass is 9.91. The van der Waals surface area contributed by atoms with Crippen molar-refractivity contribution in [1.29, 1.82) is 0 Å². The summed E-state index contributed by atoms with van der Waals surface area (Å²) in [5, 5.41) is 7.40. The summed E-state index contributed by atoms with van der Waals surface area (Å²) in [6.45, 7) is 0. The molecule has 0 saturated heterocycles. The number of nitrogens with one attached hydrogen (secondary N) is 1. The molecule has 0 atom stereocenters. The van der Waals surface area contributed by atoms with E-state index in [0.29, 0.717) is 11.1 Å². The largest absolute Gasteiger partial charge is 0.382 e. The lowest BCUT2D eigenvalue weighted by molar-refractivity contribution is 0.0927. The Hall–Kier alpha value is -3.00. The zero-order valence-electron chi connectivity index (χ0n) is 14.3. The molecule has 1 aliphatic carbocycles. The SMILES string of the molecule is Nc1ncnn2c(-c3ccncc3)cc(C(=O)N[C@H]3CC[C@H](N)CC3)c12. The molecule has 3 heterocycles. The molecule has 0 aromatic carbocycles. The molecule has 8 heteroatoms. The Morgan fingerprint density at radius 2 is 1.92 bits per heavy atom. The van der Waals surface area contributed by atoms with E-state index >= 15 is 0 Å². The normalized spacial score (nSPS) is 20.2. The number of anilines is 1. The zero-order valence-corrected chi connectivity index (χ0v) is 14.3. The molecule has 0 radical (unpaired) electrons. The molecule has 3 aromatic heterocycles. The predicted octanol–water partition coefficient (Wildman–Crippen LogP) is 1.37. The third kappa shape index (κ3) is 2.99. The number of rotatable bonds is 3. The minimum atomic E-state index is -0.162. The number of aromatic nitrogens is 4. The summed E-state index contributed by atoms with van der Waals surface area (Å²) in [7, 11) is 0. The number of nitrogens with two attached hydrogens (primary N) is 2. The number of hydrogen-bond acceptors (Lipinski definition) is 6. The first-order valence-electron chi connectivity index (χ1n) is 8.72. The second-order valence-electron chi connectivity index (χ2n) is 6.67. The Morgan fingerprint density at radius 1 is 1.19 bits per heavy atom. The second-order valence-corrected chi connectivity index (χ2v) is 6.67. The molecule has 8 nitrogen and oxygen atoms in total. The van der Waals surface area contributed by atoms with E-state index < -0.39 is 0 Å². The van der Waals surface area contributed by atoms with Crippen LogP contribution < -0.4 is 16.8 Å². The fraction of sp³-hybridized carbons (Fsp3) is 0.333. The van der Waals surface area contributed by atoms with Crippen molar-refractivity contribution >= 4 is 17.2 Å². The first-order chi connectivity index (χ1) is 12.6. The fourth-order valence-electron chi connectivity index (χ4n) is 3.50. The molecule has 1 aliphatic rings. The van der Waals surface area contributed by atoms with Gasteiger partial charge in [0.25, 0.3) is 5.91 Å². The first-order valence-corrected chi connectivity index (χ1v) is 8.72. The van der Waals surface area contributed by atoms with Crippen molar-refractivity contribution in [2.45, 2.75) is 37.8 Å². The third-order valence-electron chi connectivity index (χ3n) is 4.91. The summed E-state index contributed by atoms with van der Waals surface area (Å²) in [5.41, 5.74) is 14.7. The first kappa shape index (κ1) is 16.5. The summed E-state index contributed by atoms with van der Waals surface area (Å²) in [6.07, 6.45) is 8.42. The number of pyridine rings is 1. The second kappa shape index (κ2) is 6.72. The molecule has 1 saturated carbocycles. The lowest BCUT2D eigenvalue weighted by Gasteiger charge is -2.26. The Bertz CT molecular complexity index is 929. The highest BCUT2D eigenvalue weighted by molar-refractivity contribution is 6.05. The molecule has 26 heavy (non-hydrogen) atoms. The molecular formula is C18H21N7O. The maximum Gasteiger partial charge on any atom is 0.253 e. The standard InChI is InChI=1S/C18H21N7O/c19-12-1-3-13(4-2-12)24-18(26)14-9-15(11-5-7-21-8-6-11)25-16(14)17(20)22-10-23-25/h5-10,12-13H,1-4,19H2,(H,24,26)(H2,20,22,23)/t12-,13-. The van der Waals surface area contributed by atoms with E-state index in [1.54, 1.807) is 23.0 Å². The van der Waals surface area contributed by atoms with Crippen molar-refractivity contribution in [2.75, 3.05) is 5.73 Å². The van der Waals surface area contributed by atoms with Crippen LogP contribution in [0.5, 0.6) is 0 Å². The van der Waals surface area contributed by atoms with E-state index in [1.165, 1.54) is 6.33 Å². The van der Waals surface area contributed by atoms with Gasteiger partial charge in [-0.2, -0.15) is 5.10 Å². The Labute approximate surface area is 150 Å². The van der Waals surface area contributed by atoms with Gasteiger partial charge in [0, 0.05) is 30.0 Å². The van der Waals surface area contributed by atoms with Gasteiger partial charge < -0.3 is 16.8 Å². The number of carbonyl (C=O) groups is 1. The average Bonchev–Trinajstić information content (AvgIpc) is 3.05.